The van der Waals surface area contributed by atoms with Crippen molar-refractivity contribution in [2.75, 3.05) is 13.2 Å². The van der Waals surface area contributed by atoms with Gasteiger partial charge in [-0.15, -0.1) is 0 Å². The number of hydrogen-bond donors (Lipinski definition) is 1. The van der Waals surface area contributed by atoms with E-state index >= 15 is 0 Å². The molecule has 6 nitrogen and oxygen atoms in total. The zero-order chi connectivity index (χ0) is 20.2. The first kappa shape index (κ1) is 19.7. The second-order valence-electron chi connectivity index (χ2n) is 7.13. The molecule has 2 aliphatic rings. The predicted molar refractivity (Wildman–Crippen MR) is 113 cm³/mol. The fourth-order valence-corrected chi connectivity index (χ4v) is 3.66. The molecule has 7 heteroatoms. The van der Waals surface area contributed by atoms with Gasteiger partial charge < -0.3 is 19.2 Å². The number of nitrogens with zero attached hydrogens (tertiary/aromatic N) is 1. The molecule has 2 saturated heterocycles. The van der Waals surface area contributed by atoms with Gasteiger partial charge >= 0.3 is 0 Å². The van der Waals surface area contributed by atoms with Gasteiger partial charge in [-0.1, -0.05) is 19.1 Å². The van der Waals surface area contributed by atoms with Crippen LogP contribution in [0.25, 0.3) is 6.08 Å². The number of rotatable bonds is 7. The van der Waals surface area contributed by atoms with Crippen LogP contribution >= 0.6 is 12.2 Å². The smallest absolute Gasteiger partial charge is 0.276 e. The van der Waals surface area contributed by atoms with E-state index in [9.17, 15) is 4.79 Å². The van der Waals surface area contributed by atoms with Gasteiger partial charge in [0.2, 0.25) is 0 Å². The van der Waals surface area contributed by atoms with E-state index < -0.39 is 0 Å². The van der Waals surface area contributed by atoms with Gasteiger partial charge in [-0.2, -0.15) is 0 Å². The van der Waals surface area contributed by atoms with E-state index in [2.05, 4.69) is 24.4 Å². The molecule has 29 heavy (non-hydrogen) atoms. The Morgan fingerprint density at radius 1 is 1.28 bits per heavy atom. The maximum absolute atomic E-state index is 12.7. The van der Waals surface area contributed by atoms with Gasteiger partial charge in [-0.25, -0.2) is 0 Å². The molecule has 2 fully saturated rings. The summed E-state index contributed by atoms with van der Waals surface area (Å²) in [6.07, 6.45) is 4.70. The zero-order valence-electron chi connectivity index (χ0n) is 16.3. The third-order valence-electron chi connectivity index (χ3n) is 5.05. The maximum Gasteiger partial charge on any atom is 0.276 e. The third kappa shape index (κ3) is 4.68. The SMILES string of the molecule is CCc1ccc(OCc2ccc(/C=C3/NC(=S)N(CC4CCCO4)C3=O)o2)cc1. The van der Waals surface area contributed by atoms with Crippen LogP contribution in [0.3, 0.4) is 0 Å². The lowest BCUT2D eigenvalue weighted by Crippen LogP contribution is -2.37. The van der Waals surface area contributed by atoms with Crippen molar-refractivity contribution in [1.29, 1.82) is 0 Å². The summed E-state index contributed by atoms with van der Waals surface area (Å²) in [7, 11) is 0. The van der Waals surface area contributed by atoms with Gasteiger partial charge in [0, 0.05) is 12.7 Å². The van der Waals surface area contributed by atoms with Crippen molar-refractivity contribution < 1.29 is 18.7 Å². The molecule has 1 atom stereocenters. The van der Waals surface area contributed by atoms with Gasteiger partial charge in [0.25, 0.3) is 5.91 Å². The Bertz CT molecular complexity index is 913. The normalized spacial score (nSPS) is 20.5. The van der Waals surface area contributed by atoms with Crippen molar-refractivity contribution in [3.63, 3.8) is 0 Å². The van der Waals surface area contributed by atoms with E-state index in [-0.39, 0.29) is 12.0 Å². The Kier molecular flexibility index (Phi) is 5.97. The van der Waals surface area contributed by atoms with E-state index in [1.807, 2.05) is 24.3 Å². The van der Waals surface area contributed by atoms with Gasteiger partial charge in [0.05, 0.1) is 12.6 Å². The number of benzene rings is 1. The molecule has 0 bridgehead atoms. The fourth-order valence-electron chi connectivity index (χ4n) is 3.40. The summed E-state index contributed by atoms with van der Waals surface area (Å²) in [5.74, 6) is 1.89. The van der Waals surface area contributed by atoms with Crippen molar-refractivity contribution in [2.45, 2.75) is 38.9 Å². The Balaban J connectivity index is 1.36. The molecule has 1 aromatic carbocycles. The average Bonchev–Trinajstić information content (AvgIpc) is 3.46. The minimum Gasteiger partial charge on any atom is -0.486 e. The minimum absolute atomic E-state index is 0.0526. The summed E-state index contributed by atoms with van der Waals surface area (Å²) in [4.78, 5) is 14.2. The molecule has 2 aromatic rings. The van der Waals surface area contributed by atoms with Gasteiger partial charge in [0.1, 0.15) is 29.6 Å². The number of carbonyl (C=O) groups is 1. The topological polar surface area (TPSA) is 63.9 Å². The van der Waals surface area contributed by atoms with Crippen molar-refractivity contribution in [3.8, 4) is 5.75 Å². The lowest BCUT2D eigenvalue weighted by Gasteiger charge is -2.18. The van der Waals surface area contributed by atoms with Gasteiger partial charge in [-0.05, 0) is 61.3 Å². The molecule has 1 N–H and O–H groups in total. The first-order valence-electron chi connectivity index (χ1n) is 9.89. The fraction of sp³-hybridized carbons (Fsp3) is 0.364. The van der Waals surface area contributed by atoms with Crippen LogP contribution in [0.5, 0.6) is 5.75 Å². The van der Waals surface area contributed by atoms with E-state index in [0.29, 0.717) is 35.5 Å². The van der Waals surface area contributed by atoms with E-state index in [4.69, 9.17) is 26.1 Å². The number of ether oxygens (including phenoxy) is 2. The summed E-state index contributed by atoms with van der Waals surface area (Å²) in [6, 6.07) is 11.7. The lowest BCUT2D eigenvalue weighted by molar-refractivity contribution is -0.123. The summed E-state index contributed by atoms with van der Waals surface area (Å²) in [5, 5.41) is 3.38. The number of amides is 1. The molecule has 4 rings (SSSR count). The molecule has 0 saturated carbocycles. The molecular formula is C22H24N2O4S. The molecule has 1 aromatic heterocycles. The quantitative estimate of drug-likeness (QED) is 0.553. The molecule has 0 aliphatic carbocycles. The molecule has 152 valence electrons. The molecule has 2 aliphatic heterocycles. The Morgan fingerprint density at radius 3 is 2.83 bits per heavy atom. The highest BCUT2D eigenvalue weighted by molar-refractivity contribution is 7.80. The lowest BCUT2D eigenvalue weighted by atomic mass is 10.2. The number of furan rings is 1. The summed E-state index contributed by atoms with van der Waals surface area (Å²) in [5.41, 5.74) is 1.68. The summed E-state index contributed by atoms with van der Waals surface area (Å²) < 4.78 is 17.2. The van der Waals surface area contributed by atoms with Crippen LogP contribution in [-0.4, -0.2) is 35.2 Å². The summed E-state index contributed by atoms with van der Waals surface area (Å²) >= 11 is 5.31. The Labute approximate surface area is 175 Å². The Hall–Kier alpha value is -2.64. The summed E-state index contributed by atoms with van der Waals surface area (Å²) in [6.45, 7) is 3.67. The number of nitrogens with one attached hydrogen (secondary N) is 1. The van der Waals surface area contributed by atoms with Crippen LogP contribution in [0, 0.1) is 0 Å². The highest BCUT2D eigenvalue weighted by Gasteiger charge is 2.33. The zero-order valence-corrected chi connectivity index (χ0v) is 17.2. The molecule has 0 spiro atoms. The average molecular weight is 413 g/mol. The van der Waals surface area contributed by atoms with E-state index in [1.54, 1.807) is 11.0 Å². The van der Waals surface area contributed by atoms with Crippen molar-refractivity contribution in [3.05, 3.63) is 59.2 Å². The van der Waals surface area contributed by atoms with E-state index in [0.717, 1.165) is 31.6 Å². The maximum atomic E-state index is 12.7. The number of hydrogen-bond acceptors (Lipinski definition) is 5. The molecule has 3 heterocycles. The van der Waals surface area contributed by atoms with Crippen molar-refractivity contribution >= 4 is 29.3 Å². The van der Waals surface area contributed by atoms with Crippen molar-refractivity contribution in [1.82, 2.24) is 10.2 Å². The van der Waals surface area contributed by atoms with Crippen LogP contribution < -0.4 is 10.1 Å². The van der Waals surface area contributed by atoms with Crippen LogP contribution in [0.15, 0.2) is 46.5 Å². The standard InChI is InChI=1S/C22H24N2O4S/c1-2-15-5-7-16(8-6-15)27-14-19-10-9-17(28-19)12-20-21(25)24(22(29)23-20)13-18-4-3-11-26-18/h5-10,12,18H,2-4,11,13-14H2,1H3,(H,23,29)/b20-12+. The molecular weight excluding hydrogens is 388 g/mol. The predicted octanol–water partition coefficient (Wildman–Crippen LogP) is 3.66. The highest BCUT2D eigenvalue weighted by atomic mass is 32.1. The van der Waals surface area contributed by atoms with Crippen molar-refractivity contribution in [2.24, 2.45) is 0 Å². The first-order valence-corrected chi connectivity index (χ1v) is 10.3. The van der Waals surface area contributed by atoms with Crippen LogP contribution in [-0.2, 0) is 22.6 Å². The number of carbonyl (C=O) groups excluding carboxylic acids is 1. The van der Waals surface area contributed by atoms with Gasteiger partial charge in [0.15, 0.2) is 5.11 Å². The third-order valence-corrected chi connectivity index (χ3v) is 5.38. The molecule has 1 amide bonds. The van der Waals surface area contributed by atoms with Gasteiger partial charge in [-0.3, -0.25) is 9.69 Å². The van der Waals surface area contributed by atoms with Crippen LogP contribution in [0.4, 0.5) is 0 Å². The number of aryl methyl sites for hydroxylation is 1. The first-order chi connectivity index (χ1) is 14.1. The monoisotopic (exact) mass is 412 g/mol. The Morgan fingerprint density at radius 2 is 2.10 bits per heavy atom. The highest BCUT2D eigenvalue weighted by Crippen LogP contribution is 2.21. The second-order valence-corrected chi connectivity index (χ2v) is 7.52. The minimum atomic E-state index is -0.157. The van der Waals surface area contributed by atoms with Crippen LogP contribution in [0.2, 0.25) is 0 Å². The molecule has 1 unspecified atom stereocenters. The number of thiocarbonyl (C=S) groups is 1. The second kappa shape index (κ2) is 8.80. The van der Waals surface area contributed by atoms with E-state index in [1.165, 1.54) is 5.56 Å². The van der Waals surface area contributed by atoms with Crippen LogP contribution in [0.1, 0.15) is 36.8 Å². The molecule has 0 radical (unpaired) electrons. The largest absolute Gasteiger partial charge is 0.486 e.